The van der Waals surface area contributed by atoms with Gasteiger partial charge < -0.3 is 15.2 Å². The Labute approximate surface area is 106 Å². The van der Waals surface area contributed by atoms with E-state index in [9.17, 15) is 0 Å². The molecular weight excluding hydrogens is 238 g/mol. The maximum Gasteiger partial charge on any atom is 0.231 e. The van der Waals surface area contributed by atoms with Crippen LogP contribution < -0.4 is 15.2 Å². The Morgan fingerprint density at radius 1 is 1.12 bits per heavy atom. The number of ether oxygens (including phenoxy) is 2. The molecule has 3 nitrogen and oxygen atoms in total. The summed E-state index contributed by atoms with van der Waals surface area (Å²) in [6, 6.07) is 3.70. The van der Waals surface area contributed by atoms with Crippen LogP contribution in [0, 0.1) is 0 Å². The van der Waals surface area contributed by atoms with Crippen LogP contribution in [0.5, 0.6) is 11.5 Å². The molecule has 0 spiro atoms. The lowest BCUT2D eigenvalue weighted by molar-refractivity contribution is 0.170. The van der Waals surface area contributed by atoms with Crippen molar-refractivity contribution < 1.29 is 9.47 Å². The first-order valence-corrected chi connectivity index (χ1v) is 6.46. The van der Waals surface area contributed by atoms with Crippen LogP contribution in [-0.2, 0) is 5.54 Å². The quantitative estimate of drug-likeness (QED) is 0.836. The topological polar surface area (TPSA) is 44.5 Å². The first-order chi connectivity index (χ1) is 8.21. The molecule has 3 rings (SSSR count). The van der Waals surface area contributed by atoms with Crippen molar-refractivity contribution in [2.24, 2.45) is 5.73 Å². The summed E-state index contributed by atoms with van der Waals surface area (Å²) in [5, 5.41) is 0.693. The average Bonchev–Trinajstić information content (AvgIpc) is 2.77. The maximum absolute atomic E-state index is 6.53. The van der Waals surface area contributed by atoms with Crippen molar-refractivity contribution in [2.75, 3.05) is 6.79 Å². The van der Waals surface area contributed by atoms with Crippen LogP contribution in [0.15, 0.2) is 12.1 Å². The van der Waals surface area contributed by atoms with Crippen molar-refractivity contribution in [1.82, 2.24) is 0 Å². The maximum atomic E-state index is 6.53. The normalized spacial score (nSPS) is 21.5. The Morgan fingerprint density at radius 3 is 2.65 bits per heavy atom. The van der Waals surface area contributed by atoms with E-state index in [0.717, 1.165) is 42.7 Å². The van der Waals surface area contributed by atoms with Gasteiger partial charge in [-0.3, -0.25) is 0 Å². The number of hydrogen-bond donors (Lipinski definition) is 1. The lowest BCUT2D eigenvalue weighted by atomic mass is 9.77. The van der Waals surface area contributed by atoms with Gasteiger partial charge in [-0.15, -0.1) is 0 Å². The van der Waals surface area contributed by atoms with Crippen LogP contribution in [0.2, 0.25) is 5.02 Å². The van der Waals surface area contributed by atoms with E-state index < -0.39 is 0 Å². The Bertz CT molecular complexity index is 441. The van der Waals surface area contributed by atoms with Crippen LogP contribution in [0.1, 0.15) is 37.7 Å². The van der Waals surface area contributed by atoms with Gasteiger partial charge in [0.05, 0.1) is 0 Å². The lowest BCUT2D eigenvalue weighted by Crippen LogP contribution is -2.39. The fourth-order valence-corrected chi connectivity index (χ4v) is 3.18. The molecular formula is C13H16ClNO2. The highest BCUT2D eigenvalue weighted by molar-refractivity contribution is 6.31. The Kier molecular flexibility index (Phi) is 2.68. The van der Waals surface area contributed by atoms with Crippen LogP contribution in [0.25, 0.3) is 0 Å². The largest absolute Gasteiger partial charge is 0.454 e. The van der Waals surface area contributed by atoms with Gasteiger partial charge >= 0.3 is 0 Å². The summed E-state index contributed by atoms with van der Waals surface area (Å²) >= 11 is 6.32. The molecule has 1 fully saturated rings. The molecule has 1 aliphatic carbocycles. The molecule has 4 heteroatoms. The van der Waals surface area contributed by atoms with E-state index in [1.807, 2.05) is 12.1 Å². The highest BCUT2D eigenvalue weighted by Gasteiger charge is 2.36. The minimum absolute atomic E-state index is 0.263. The monoisotopic (exact) mass is 253 g/mol. The van der Waals surface area contributed by atoms with Crippen LogP contribution >= 0.6 is 11.6 Å². The molecule has 0 amide bonds. The molecule has 1 aliphatic heterocycles. The number of hydrogen-bond acceptors (Lipinski definition) is 3. The molecule has 1 aromatic carbocycles. The average molecular weight is 254 g/mol. The molecule has 0 saturated heterocycles. The van der Waals surface area contributed by atoms with E-state index in [1.54, 1.807) is 0 Å². The van der Waals surface area contributed by atoms with Gasteiger partial charge in [-0.2, -0.15) is 0 Å². The molecule has 2 aliphatic rings. The van der Waals surface area contributed by atoms with Crippen molar-refractivity contribution in [3.63, 3.8) is 0 Å². The van der Waals surface area contributed by atoms with E-state index in [-0.39, 0.29) is 12.3 Å². The Balaban J connectivity index is 2.10. The zero-order valence-corrected chi connectivity index (χ0v) is 10.4. The third-order valence-electron chi connectivity index (χ3n) is 3.73. The van der Waals surface area contributed by atoms with Gasteiger partial charge in [0.1, 0.15) is 0 Å². The predicted octanol–water partition coefficient (Wildman–Crippen LogP) is 3.19. The molecule has 17 heavy (non-hydrogen) atoms. The Hall–Kier alpha value is -0.930. The van der Waals surface area contributed by atoms with Gasteiger partial charge in [-0.05, 0) is 25.0 Å². The molecule has 0 atom stereocenters. The number of benzene rings is 1. The van der Waals surface area contributed by atoms with Crippen LogP contribution in [-0.4, -0.2) is 6.79 Å². The van der Waals surface area contributed by atoms with E-state index in [1.165, 1.54) is 6.42 Å². The highest BCUT2D eigenvalue weighted by atomic mass is 35.5. The van der Waals surface area contributed by atoms with Crippen molar-refractivity contribution in [2.45, 2.75) is 37.6 Å². The van der Waals surface area contributed by atoms with E-state index in [4.69, 9.17) is 26.8 Å². The molecule has 1 aromatic rings. The molecule has 0 radical (unpaired) electrons. The van der Waals surface area contributed by atoms with Crippen LogP contribution in [0.4, 0.5) is 0 Å². The van der Waals surface area contributed by atoms with Gasteiger partial charge in [-0.1, -0.05) is 30.9 Å². The highest BCUT2D eigenvalue weighted by Crippen LogP contribution is 2.48. The summed E-state index contributed by atoms with van der Waals surface area (Å²) < 4.78 is 10.9. The molecule has 1 heterocycles. The van der Waals surface area contributed by atoms with Crippen molar-refractivity contribution >= 4 is 11.6 Å². The molecule has 0 unspecified atom stereocenters. The fourth-order valence-electron chi connectivity index (χ4n) is 2.84. The third kappa shape index (κ3) is 1.78. The second kappa shape index (κ2) is 4.07. The van der Waals surface area contributed by atoms with Gasteiger partial charge in [0.2, 0.25) is 6.79 Å². The summed E-state index contributed by atoms with van der Waals surface area (Å²) in [5.74, 6) is 1.52. The molecule has 2 N–H and O–H groups in total. The number of rotatable bonds is 1. The van der Waals surface area contributed by atoms with Gasteiger partial charge in [0.15, 0.2) is 11.5 Å². The second-order valence-electron chi connectivity index (χ2n) is 4.87. The number of nitrogens with two attached hydrogens (primary N) is 1. The van der Waals surface area contributed by atoms with Crippen molar-refractivity contribution in [1.29, 1.82) is 0 Å². The van der Waals surface area contributed by atoms with E-state index in [0.29, 0.717) is 5.02 Å². The second-order valence-corrected chi connectivity index (χ2v) is 5.28. The minimum Gasteiger partial charge on any atom is -0.454 e. The summed E-state index contributed by atoms with van der Waals surface area (Å²) in [6.45, 7) is 0.263. The molecule has 0 bridgehead atoms. The fraction of sp³-hybridized carbons (Fsp3) is 0.538. The van der Waals surface area contributed by atoms with Crippen LogP contribution in [0.3, 0.4) is 0 Å². The summed E-state index contributed by atoms with van der Waals surface area (Å²) in [6.07, 6.45) is 5.48. The summed E-state index contributed by atoms with van der Waals surface area (Å²) in [7, 11) is 0. The molecule has 0 aromatic heterocycles. The Morgan fingerprint density at radius 2 is 1.88 bits per heavy atom. The lowest BCUT2D eigenvalue weighted by Gasteiger charge is -2.35. The summed E-state index contributed by atoms with van der Waals surface area (Å²) in [4.78, 5) is 0. The van der Waals surface area contributed by atoms with Crippen molar-refractivity contribution in [3.05, 3.63) is 22.7 Å². The van der Waals surface area contributed by atoms with E-state index >= 15 is 0 Å². The number of fused-ring (bicyclic) bond motifs is 1. The molecule has 1 saturated carbocycles. The van der Waals surface area contributed by atoms with E-state index in [2.05, 4.69) is 0 Å². The third-order valence-corrected chi connectivity index (χ3v) is 4.05. The van der Waals surface area contributed by atoms with Crippen molar-refractivity contribution in [3.8, 4) is 11.5 Å². The zero-order valence-electron chi connectivity index (χ0n) is 9.67. The first kappa shape index (κ1) is 11.2. The smallest absolute Gasteiger partial charge is 0.231 e. The van der Waals surface area contributed by atoms with Gasteiger partial charge in [0.25, 0.3) is 0 Å². The minimum atomic E-state index is -0.353. The van der Waals surface area contributed by atoms with Gasteiger partial charge in [0, 0.05) is 16.1 Å². The first-order valence-electron chi connectivity index (χ1n) is 6.08. The van der Waals surface area contributed by atoms with Gasteiger partial charge in [-0.25, -0.2) is 0 Å². The standard InChI is InChI=1S/C13H16ClNO2/c14-9-4-5-10-12(17-8-16-10)11(9)13(15)6-2-1-3-7-13/h4-5H,1-3,6-8,15H2. The number of halogens is 1. The molecule has 92 valence electrons. The SMILES string of the molecule is NC1(c2c(Cl)ccc3c2OCO3)CCCCC1. The predicted molar refractivity (Wildman–Crippen MR) is 66.5 cm³/mol. The summed E-state index contributed by atoms with van der Waals surface area (Å²) in [5.41, 5.74) is 7.12. The zero-order chi connectivity index (χ0) is 11.9.